The maximum atomic E-state index is 11.2. The van der Waals surface area contributed by atoms with Gasteiger partial charge < -0.3 is 15.2 Å². The highest BCUT2D eigenvalue weighted by atomic mass is 16.7. The molecule has 98 valence electrons. The molecule has 2 rings (SSSR count). The number of nitrogens with zero attached hydrogens (tertiary/aromatic N) is 4. The number of nitro groups is 1. The van der Waals surface area contributed by atoms with Crippen LogP contribution in [0.4, 0.5) is 4.79 Å². The first-order valence-corrected chi connectivity index (χ1v) is 5.55. The molecule has 1 unspecified atom stereocenters. The maximum absolute atomic E-state index is 11.2. The molecule has 2 aliphatic rings. The van der Waals surface area contributed by atoms with Gasteiger partial charge in [0.2, 0.25) is 5.70 Å². The van der Waals surface area contributed by atoms with Gasteiger partial charge in [0, 0.05) is 6.54 Å². The summed E-state index contributed by atoms with van der Waals surface area (Å²) in [7, 11) is 0. The SMILES string of the molecule is O=C([O-])NCCCN1CCC2=CN=C[N+]21[N+](=O)[O-]. The molecule has 1 amide bonds. The number of aliphatic imine (C=N–C) groups is 1. The Morgan fingerprint density at radius 1 is 1.67 bits per heavy atom. The number of carbonyl (C=O) groups is 1. The smallest absolute Gasteiger partial charge is 0.280 e. The van der Waals surface area contributed by atoms with E-state index in [0.717, 1.165) is 0 Å². The molecule has 1 fully saturated rings. The summed E-state index contributed by atoms with van der Waals surface area (Å²) in [6.45, 7) is 1.18. The van der Waals surface area contributed by atoms with Gasteiger partial charge in [-0.05, 0) is 6.42 Å². The Hall–Kier alpha value is -2.00. The lowest BCUT2D eigenvalue weighted by atomic mass is 10.3. The molecule has 18 heavy (non-hydrogen) atoms. The van der Waals surface area contributed by atoms with E-state index in [-0.39, 0.29) is 6.54 Å². The summed E-state index contributed by atoms with van der Waals surface area (Å²) in [6, 6.07) is 0. The normalized spacial score (nSPS) is 25.9. The van der Waals surface area contributed by atoms with Gasteiger partial charge in [0.1, 0.15) is 10.8 Å². The van der Waals surface area contributed by atoms with Crippen LogP contribution in [0, 0.1) is 10.1 Å². The molecule has 0 radical (unpaired) electrons. The Morgan fingerprint density at radius 3 is 3.11 bits per heavy atom. The molecule has 2 heterocycles. The summed E-state index contributed by atoms with van der Waals surface area (Å²) in [4.78, 5) is 25.3. The van der Waals surface area contributed by atoms with Crippen LogP contribution >= 0.6 is 0 Å². The van der Waals surface area contributed by atoms with E-state index >= 15 is 0 Å². The van der Waals surface area contributed by atoms with E-state index in [9.17, 15) is 20.0 Å². The van der Waals surface area contributed by atoms with E-state index in [0.29, 0.717) is 31.6 Å². The Balaban J connectivity index is 1.97. The third-order valence-electron chi connectivity index (χ3n) is 3.04. The molecule has 0 aliphatic carbocycles. The number of quaternary nitrogens is 1. The number of rotatable bonds is 5. The zero-order valence-corrected chi connectivity index (χ0v) is 9.61. The summed E-state index contributed by atoms with van der Waals surface area (Å²) in [5.41, 5.74) is 0.632. The average Bonchev–Trinajstić information content (AvgIpc) is 2.83. The van der Waals surface area contributed by atoms with Crippen molar-refractivity contribution in [3.63, 3.8) is 0 Å². The minimum absolute atomic E-state index is 0.215. The molecule has 9 nitrogen and oxygen atoms in total. The van der Waals surface area contributed by atoms with Crippen molar-refractivity contribution in [2.45, 2.75) is 12.8 Å². The van der Waals surface area contributed by atoms with Crippen LogP contribution in [0.1, 0.15) is 12.8 Å². The van der Waals surface area contributed by atoms with Crippen LogP contribution in [-0.2, 0) is 0 Å². The highest BCUT2D eigenvalue weighted by Gasteiger charge is 2.58. The van der Waals surface area contributed by atoms with E-state index in [4.69, 9.17) is 0 Å². The number of amides is 1. The molecule has 0 aromatic rings. The number of nitrogens with one attached hydrogen (secondary N) is 1. The van der Waals surface area contributed by atoms with E-state index in [1.165, 1.54) is 12.5 Å². The van der Waals surface area contributed by atoms with Crippen LogP contribution < -0.4 is 10.4 Å². The monoisotopic (exact) mass is 255 g/mol. The average molecular weight is 255 g/mol. The molecule has 2 aliphatic heterocycles. The maximum Gasteiger partial charge on any atom is 0.280 e. The van der Waals surface area contributed by atoms with Gasteiger partial charge in [0.25, 0.3) is 11.4 Å². The van der Waals surface area contributed by atoms with Gasteiger partial charge in [-0.15, -0.1) is 0 Å². The fraction of sp³-hybridized carbons (Fsp3) is 0.556. The largest absolute Gasteiger partial charge is 0.530 e. The zero-order valence-electron chi connectivity index (χ0n) is 9.61. The minimum atomic E-state index is -1.34. The van der Waals surface area contributed by atoms with Crippen molar-refractivity contribution in [3.05, 3.63) is 22.0 Å². The lowest BCUT2D eigenvalue weighted by Gasteiger charge is -2.23. The van der Waals surface area contributed by atoms with E-state index in [1.807, 2.05) is 0 Å². The van der Waals surface area contributed by atoms with Gasteiger partial charge in [-0.1, -0.05) is 5.01 Å². The van der Waals surface area contributed by atoms with Crippen LogP contribution in [0.2, 0.25) is 0 Å². The first-order valence-electron chi connectivity index (χ1n) is 5.55. The fourth-order valence-corrected chi connectivity index (χ4v) is 2.22. The summed E-state index contributed by atoms with van der Waals surface area (Å²) < 4.78 is -0.564. The Morgan fingerprint density at radius 2 is 2.44 bits per heavy atom. The molecular weight excluding hydrogens is 242 g/mol. The van der Waals surface area contributed by atoms with E-state index in [1.54, 1.807) is 5.01 Å². The first-order chi connectivity index (χ1) is 8.57. The second-order valence-corrected chi connectivity index (χ2v) is 4.04. The summed E-state index contributed by atoms with van der Waals surface area (Å²) in [5.74, 6) is 0. The molecule has 0 spiro atoms. The van der Waals surface area contributed by atoms with Gasteiger partial charge >= 0.3 is 0 Å². The molecule has 1 saturated heterocycles. The molecule has 1 N–H and O–H groups in total. The van der Waals surface area contributed by atoms with E-state index < -0.39 is 15.8 Å². The summed E-state index contributed by atoms with van der Waals surface area (Å²) >= 11 is 0. The van der Waals surface area contributed by atoms with Crippen molar-refractivity contribution < 1.29 is 19.6 Å². The van der Waals surface area contributed by atoms with Crippen LogP contribution in [0.3, 0.4) is 0 Å². The fourth-order valence-electron chi connectivity index (χ4n) is 2.22. The van der Waals surface area contributed by atoms with Crippen molar-refractivity contribution in [3.8, 4) is 0 Å². The third kappa shape index (κ3) is 1.93. The first kappa shape index (κ1) is 12.5. The number of hydrogen-bond donors (Lipinski definition) is 1. The summed E-state index contributed by atoms with van der Waals surface area (Å²) in [6.07, 6.45) is 2.53. The molecule has 0 saturated carbocycles. The zero-order chi connectivity index (χ0) is 13.2. The lowest BCUT2D eigenvalue weighted by Crippen LogP contribution is -2.57. The van der Waals surface area contributed by atoms with Crippen LogP contribution in [0.5, 0.6) is 0 Å². The summed E-state index contributed by atoms with van der Waals surface area (Å²) in [5, 5.41) is 24.8. The van der Waals surface area contributed by atoms with Crippen molar-refractivity contribution >= 4 is 12.4 Å². The van der Waals surface area contributed by atoms with Crippen LogP contribution in [-0.4, -0.2) is 46.8 Å². The molecule has 1 atom stereocenters. The Labute approximate surface area is 103 Å². The predicted molar refractivity (Wildman–Crippen MR) is 58.0 cm³/mol. The second-order valence-electron chi connectivity index (χ2n) is 4.04. The number of fused-ring (bicyclic) bond motifs is 1. The number of hydrogen-bond acceptors (Lipinski definition) is 6. The minimum Gasteiger partial charge on any atom is -0.530 e. The second kappa shape index (κ2) is 4.70. The van der Waals surface area contributed by atoms with Crippen LogP contribution in [0.15, 0.2) is 16.9 Å². The van der Waals surface area contributed by atoms with Crippen molar-refractivity contribution in [1.82, 2.24) is 10.3 Å². The highest BCUT2D eigenvalue weighted by Crippen LogP contribution is 2.33. The van der Waals surface area contributed by atoms with Crippen molar-refractivity contribution in [1.29, 1.82) is 0 Å². The predicted octanol–water partition coefficient (Wildman–Crippen LogP) is -1.18. The Kier molecular flexibility index (Phi) is 3.26. The molecule has 0 bridgehead atoms. The molecule has 0 aromatic carbocycles. The third-order valence-corrected chi connectivity index (χ3v) is 3.04. The standard InChI is InChI=1S/C9H13N5O4/c15-9(16)11-3-1-4-12-5-2-8-6-10-7-14(8,12)13(17)18/h6-7,11H,1-5H2. The van der Waals surface area contributed by atoms with Gasteiger partial charge in [-0.3, -0.25) is 0 Å². The highest BCUT2D eigenvalue weighted by molar-refractivity contribution is 5.61. The van der Waals surface area contributed by atoms with Crippen molar-refractivity contribution in [2.24, 2.45) is 4.99 Å². The topological polar surface area (TPSA) is 111 Å². The van der Waals surface area contributed by atoms with Gasteiger partial charge in [-0.25, -0.2) is 10.1 Å². The number of carboxylic acid groups (broad SMARTS) is 1. The molecule has 9 heteroatoms. The van der Waals surface area contributed by atoms with Crippen LogP contribution in [0.25, 0.3) is 0 Å². The van der Waals surface area contributed by atoms with Gasteiger partial charge in [-0.2, -0.15) is 4.99 Å². The lowest BCUT2D eigenvalue weighted by molar-refractivity contribution is -1.30. The van der Waals surface area contributed by atoms with Gasteiger partial charge in [0.15, 0.2) is 0 Å². The van der Waals surface area contributed by atoms with E-state index in [2.05, 4.69) is 10.3 Å². The van der Waals surface area contributed by atoms with Crippen molar-refractivity contribution in [2.75, 3.05) is 19.6 Å². The quantitative estimate of drug-likeness (QED) is 0.288. The number of carbonyl (C=O) groups excluding carboxylic acids is 1. The molecular formula is C9H13N5O4. The van der Waals surface area contributed by atoms with Gasteiger partial charge in [0.05, 0.1) is 25.7 Å². The molecule has 0 aromatic heterocycles. The Bertz CT molecular complexity index is 435.